The summed E-state index contributed by atoms with van der Waals surface area (Å²) in [4.78, 5) is 8.03. The van der Waals surface area contributed by atoms with Crippen molar-refractivity contribution in [2.45, 2.75) is 19.4 Å². The molecule has 2 heterocycles. The van der Waals surface area contributed by atoms with Crippen LogP contribution in [-0.4, -0.2) is 36.3 Å². The Hall–Kier alpha value is -1.07. The van der Waals surface area contributed by atoms with Crippen LogP contribution in [0.1, 0.15) is 13.3 Å². The monoisotopic (exact) mass is 257 g/mol. The highest BCUT2D eigenvalue weighted by Crippen LogP contribution is 2.30. The van der Waals surface area contributed by atoms with Gasteiger partial charge in [0, 0.05) is 18.6 Å². The summed E-state index contributed by atoms with van der Waals surface area (Å²) in [5, 5.41) is 3.62. The van der Waals surface area contributed by atoms with Crippen LogP contribution in [0.25, 0.3) is 0 Å². The van der Waals surface area contributed by atoms with E-state index in [0.29, 0.717) is 22.6 Å². The van der Waals surface area contributed by atoms with Gasteiger partial charge in [-0.25, -0.2) is 9.97 Å². The smallest absolute Gasteiger partial charge is 0.198 e. The molecular formula is C11H16ClN3O2. The van der Waals surface area contributed by atoms with Crippen molar-refractivity contribution in [2.75, 3.05) is 25.6 Å². The van der Waals surface area contributed by atoms with E-state index in [1.165, 1.54) is 6.33 Å². The Morgan fingerprint density at radius 1 is 1.59 bits per heavy atom. The molecule has 2 unspecified atom stereocenters. The molecule has 1 aliphatic rings. The van der Waals surface area contributed by atoms with Crippen LogP contribution < -0.4 is 10.1 Å². The molecule has 0 amide bonds. The first-order valence-corrected chi connectivity index (χ1v) is 5.99. The molecule has 0 saturated carbocycles. The second-order valence-corrected chi connectivity index (χ2v) is 4.46. The molecule has 0 radical (unpaired) electrons. The molecule has 0 aromatic carbocycles. The van der Waals surface area contributed by atoms with Gasteiger partial charge in [-0.15, -0.1) is 0 Å². The molecule has 1 aromatic rings. The predicted octanol–water partition coefficient (Wildman–Crippen LogP) is 1.98. The molecule has 6 heteroatoms. The van der Waals surface area contributed by atoms with E-state index in [2.05, 4.69) is 22.2 Å². The van der Waals surface area contributed by atoms with Gasteiger partial charge >= 0.3 is 0 Å². The van der Waals surface area contributed by atoms with Gasteiger partial charge in [-0.1, -0.05) is 11.6 Å². The van der Waals surface area contributed by atoms with E-state index in [4.69, 9.17) is 21.1 Å². The zero-order valence-electron chi connectivity index (χ0n) is 9.94. The molecule has 2 rings (SSSR count). The molecule has 1 fully saturated rings. The summed E-state index contributed by atoms with van der Waals surface area (Å²) in [5.74, 6) is 1.61. The number of halogens is 1. The fraction of sp³-hybridized carbons (Fsp3) is 0.636. The first-order chi connectivity index (χ1) is 8.22. The zero-order chi connectivity index (χ0) is 12.3. The highest BCUT2D eigenvalue weighted by Gasteiger charge is 2.23. The lowest BCUT2D eigenvalue weighted by Crippen LogP contribution is -2.26. The maximum atomic E-state index is 5.93. The van der Waals surface area contributed by atoms with Gasteiger partial charge in [-0.2, -0.15) is 0 Å². The minimum atomic E-state index is 0.261. The quantitative estimate of drug-likeness (QED) is 0.836. The summed E-state index contributed by atoms with van der Waals surface area (Å²) >= 11 is 5.93. The van der Waals surface area contributed by atoms with E-state index in [-0.39, 0.29) is 6.04 Å². The number of nitrogens with one attached hydrogen (secondary N) is 1. The van der Waals surface area contributed by atoms with E-state index in [1.807, 2.05) is 0 Å². The van der Waals surface area contributed by atoms with E-state index in [0.717, 1.165) is 19.6 Å². The Labute approximate surface area is 105 Å². The third-order valence-electron chi connectivity index (χ3n) is 3.00. The van der Waals surface area contributed by atoms with Crippen molar-refractivity contribution in [3.63, 3.8) is 0 Å². The number of rotatable bonds is 4. The molecule has 1 aliphatic heterocycles. The van der Waals surface area contributed by atoms with Gasteiger partial charge in [0.25, 0.3) is 0 Å². The molecular weight excluding hydrogens is 242 g/mol. The summed E-state index contributed by atoms with van der Waals surface area (Å²) in [6.07, 6.45) is 2.49. The first kappa shape index (κ1) is 12.4. The Balaban J connectivity index is 2.09. The molecule has 94 valence electrons. The largest absolute Gasteiger partial charge is 0.490 e. The number of aromatic nitrogens is 2. The van der Waals surface area contributed by atoms with E-state index >= 15 is 0 Å². The van der Waals surface area contributed by atoms with Crippen LogP contribution in [0.5, 0.6) is 5.75 Å². The topological polar surface area (TPSA) is 56.3 Å². The fourth-order valence-corrected chi connectivity index (χ4v) is 2.13. The molecule has 0 aliphatic carbocycles. The molecule has 1 N–H and O–H groups in total. The normalized spacial score (nSPS) is 21.2. The van der Waals surface area contributed by atoms with Crippen molar-refractivity contribution < 1.29 is 9.47 Å². The van der Waals surface area contributed by atoms with Crippen LogP contribution in [0.2, 0.25) is 5.15 Å². The SMILES string of the molecule is COc1c(Cl)ncnc1NC(C)C1CCOC1. The van der Waals surface area contributed by atoms with E-state index in [1.54, 1.807) is 7.11 Å². The third kappa shape index (κ3) is 2.79. The van der Waals surface area contributed by atoms with Crippen LogP contribution >= 0.6 is 11.6 Å². The minimum Gasteiger partial charge on any atom is -0.490 e. The number of hydrogen-bond donors (Lipinski definition) is 1. The number of hydrogen-bond acceptors (Lipinski definition) is 5. The van der Waals surface area contributed by atoms with Crippen molar-refractivity contribution in [1.82, 2.24) is 9.97 Å². The van der Waals surface area contributed by atoms with Crippen LogP contribution in [-0.2, 0) is 4.74 Å². The van der Waals surface area contributed by atoms with Crippen LogP contribution in [0.15, 0.2) is 6.33 Å². The van der Waals surface area contributed by atoms with Gasteiger partial charge in [0.1, 0.15) is 6.33 Å². The minimum absolute atomic E-state index is 0.261. The molecule has 1 saturated heterocycles. The lowest BCUT2D eigenvalue weighted by Gasteiger charge is -2.21. The summed E-state index contributed by atoms with van der Waals surface area (Å²) in [6.45, 7) is 3.72. The lowest BCUT2D eigenvalue weighted by atomic mass is 10.0. The number of methoxy groups -OCH3 is 1. The van der Waals surface area contributed by atoms with Gasteiger partial charge in [0.05, 0.1) is 13.7 Å². The van der Waals surface area contributed by atoms with E-state index < -0.39 is 0 Å². The number of nitrogens with zero attached hydrogens (tertiary/aromatic N) is 2. The summed E-state index contributed by atoms with van der Waals surface area (Å²) in [7, 11) is 1.55. The van der Waals surface area contributed by atoms with Gasteiger partial charge in [-0.3, -0.25) is 0 Å². The Morgan fingerprint density at radius 2 is 2.41 bits per heavy atom. The van der Waals surface area contributed by atoms with Gasteiger partial charge in [0.15, 0.2) is 16.7 Å². The summed E-state index contributed by atoms with van der Waals surface area (Å²) in [5.41, 5.74) is 0. The summed E-state index contributed by atoms with van der Waals surface area (Å²) < 4.78 is 10.6. The van der Waals surface area contributed by atoms with Crippen molar-refractivity contribution >= 4 is 17.4 Å². The van der Waals surface area contributed by atoms with Crippen molar-refractivity contribution in [2.24, 2.45) is 5.92 Å². The highest BCUT2D eigenvalue weighted by atomic mass is 35.5. The van der Waals surface area contributed by atoms with Crippen LogP contribution in [0.3, 0.4) is 0 Å². The van der Waals surface area contributed by atoms with Crippen molar-refractivity contribution in [1.29, 1.82) is 0 Å². The van der Waals surface area contributed by atoms with Gasteiger partial charge < -0.3 is 14.8 Å². The Kier molecular flexibility index (Phi) is 4.02. The number of ether oxygens (including phenoxy) is 2. The standard InChI is InChI=1S/C11H16ClN3O2/c1-7(8-3-4-17-5-8)15-11-9(16-2)10(12)13-6-14-11/h6-8H,3-5H2,1-2H3,(H,13,14,15). The van der Waals surface area contributed by atoms with Crippen molar-refractivity contribution in [3.8, 4) is 5.75 Å². The molecule has 5 nitrogen and oxygen atoms in total. The third-order valence-corrected chi connectivity index (χ3v) is 3.27. The lowest BCUT2D eigenvalue weighted by molar-refractivity contribution is 0.183. The summed E-state index contributed by atoms with van der Waals surface area (Å²) in [6, 6.07) is 0.261. The Morgan fingerprint density at radius 3 is 3.06 bits per heavy atom. The average molecular weight is 258 g/mol. The molecule has 0 bridgehead atoms. The predicted molar refractivity (Wildman–Crippen MR) is 65.6 cm³/mol. The van der Waals surface area contributed by atoms with Crippen LogP contribution in [0, 0.1) is 5.92 Å². The first-order valence-electron chi connectivity index (χ1n) is 5.61. The molecule has 0 spiro atoms. The Bertz CT molecular complexity index is 383. The number of anilines is 1. The highest BCUT2D eigenvalue weighted by molar-refractivity contribution is 6.31. The average Bonchev–Trinajstić information content (AvgIpc) is 2.82. The fourth-order valence-electron chi connectivity index (χ4n) is 1.92. The van der Waals surface area contributed by atoms with E-state index in [9.17, 15) is 0 Å². The van der Waals surface area contributed by atoms with Gasteiger partial charge in [-0.05, 0) is 13.3 Å². The van der Waals surface area contributed by atoms with Crippen molar-refractivity contribution in [3.05, 3.63) is 11.5 Å². The maximum Gasteiger partial charge on any atom is 0.198 e. The molecule has 1 aromatic heterocycles. The second-order valence-electron chi connectivity index (χ2n) is 4.10. The maximum absolute atomic E-state index is 5.93. The van der Waals surface area contributed by atoms with Crippen LogP contribution in [0.4, 0.5) is 5.82 Å². The molecule has 17 heavy (non-hydrogen) atoms. The zero-order valence-corrected chi connectivity index (χ0v) is 10.7. The molecule has 2 atom stereocenters. The second kappa shape index (κ2) is 5.51. The van der Waals surface area contributed by atoms with Gasteiger partial charge in [0.2, 0.25) is 0 Å².